The highest BCUT2D eigenvalue weighted by atomic mass is 35.5. The van der Waals surface area contributed by atoms with Gasteiger partial charge < -0.3 is 20.5 Å². The molecule has 2 aromatic carbocycles. The van der Waals surface area contributed by atoms with E-state index in [9.17, 15) is 28.2 Å². The van der Waals surface area contributed by atoms with Gasteiger partial charge in [-0.1, -0.05) is 24.6 Å². The number of aliphatic hydroxyl groups is 1. The summed E-state index contributed by atoms with van der Waals surface area (Å²) >= 11 is 6.24. The number of aromatic hydroxyl groups is 1. The van der Waals surface area contributed by atoms with Crippen LogP contribution >= 0.6 is 11.6 Å². The summed E-state index contributed by atoms with van der Waals surface area (Å²) in [4.78, 5) is 14.7. The van der Waals surface area contributed by atoms with Crippen LogP contribution in [-0.2, 0) is 0 Å². The minimum Gasteiger partial charge on any atom is -0.507 e. The van der Waals surface area contributed by atoms with E-state index >= 15 is 0 Å². The molecule has 1 heterocycles. The van der Waals surface area contributed by atoms with Gasteiger partial charge in [0.15, 0.2) is 5.60 Å². The summed E-state index contributed by atoms with van der Waals surface area (Å²) in [7, 11) is 0. The highest BCUT2D eigenvalue weighted by molar-refractivity contribution is 6.31. The molecular formula is C23H22ClF3N2O3. The number of hydrogen-bond acceptors (Lipinski definition) is 4. The number of anilines is 1. The number of aromatic amines is 1. The van der Waals surface area contributed by atoms with Gasteiger partial charge in [-0.2, -0.15) is 13.2 Å². The SMILES string of the molecule is CC[C@H]1C[C@](O)(C(F)(F)F)[C@@H](Nc2cccc3c(=O)[nH]ccc23)c2cc(Cl)c(C)c(O)c21. The summed E-state index contributed by atoms with van der Waals surface area (Å²) < 4.78 is 42.9. The standard InChI is InChI=1S/C23H22ClF3N2O3/c1-3-12-10-22(32,23(25,26)27)20(15-9-16(24)11(2)19(30)18(12)15)29-17-6-4-5-14-13(17)7-8-28-21(14)31/h4-9,12,20,29-30,32H,3,10H2,1-2H3,(H,28,31)/t12-,20-,22+/m0/s1. The average molecular weight is 467 g/mol. The quantitative estimate of drug-likeness (QED) is 0.408. The Kier molecular flexibility index (Phi) is 5.41. The fraction of sp³-hybridized carbons (Fsp3) is 0.348. The molecule has 4 rings (SSSR count). The Morgan fingerprint density at radius 3 is 2.66 bits per heavy atom. The number of phenols is 1. The van der Waals surface area contributed by atoms with Crippen molar-refractivity contribution in [3.8, 4) is 5.75 Å². The van der Waals surface area contributed by atoms with Crippen LogP contribution in [0.4, 0.5) is 18.9 Å². The van der Waals surface area contributed by atoms with Gasteiger partial charge in [0.25, 0.3) is 5.56 Å². The van der Waals surface area contributed by atoms with Crippen LogP contribution in [0.3, 0.4) is 0 Å². The van der Waals surface area contributed by atoms with Crippen LogP contribution in [0.1, 0.15) is 48.4 Å². The van der Waals surface area contributed by atoms with Crippen LogP contribution in [0.5, 0.6) is 5.75 Å². The lowest BCUT2D eigenvalue weighted by molar-refractivity contribution is -0.272. The van der Waals surface area contributed by atoms with Gasteiger partial charge >= 0.3 is 6.18 Å². The molecule has 1 aliphatic carbocycles. The molecule has 0 amide bonds. The van der Waals surface area contributed by atoms with Crippen LogP contribution in [0.2, 0.25) is 5.02 Å². The third kappa shape index (κ3) is 3.33. The lowest BCUT2D eigenvalue weighted by Gasteiger charge is -2.46. The number of phenolic OH excluding ortho intramolecular Hbond substituents is 1. The van der Waals surface area contributed by atoms with E-state index < -0.39 is 30.2 Å². The maximum absolute atomic E-state index is 14.3. The molecule has 32 heavy (non-hydrogen) atoms. The molecule has 3 atom stereocenters. The maximum atomic E-state index is 14.3. The van der Waals surface area contributed by atoms with Crippen LogP contribution in [0.15, 0.2) is 41.3 Å². The van der Waals surface area contributed by atoms with Gasteiger partial charge in [0.2, 0.25) is 0 Å². The van der Waals surface area contributed by atoms with E-state index in [1.165, 1.54) is 12.3 Å². The Morgan fingerprint density at radius 1 is 1.28 bits per heavy atom. The van der Waals surface area contributed by atoms with Crippen LogP contribution in [-0.4, -0.2) is 27.0 Å². The molecule has 4 N–H and O–H groups in total. The largest absolute Gasteiger partial charge is 0.507 e. The number of rotatable bonds is 3. The number of halogens is 4. The van der Waals surface area contributed by atoms with E-state index in [0.717, 1.165) is 0 Å². The van der Waals surface area contributed by atoms with Crippen molar-refractivity contribution in [1.29, 1.82) is 0 Å². The van der Waals surface area contributed by atoms with Gasteiger partial charge in [-0.3, -0.25) is 4.79 Å². The van der Waals surface area contributed by atoms with E-state index in [0.29, 0.717) is 21.9 Å². The first kappa shape index (κ1) is 22.5. The minimum absolute atomic E-state index is 0.0814. The molecular weight excluding hydrogens is 445 g/mol. The van der Waals surface area contributed by atoms with Crippen molar-refractivity contribution in [3.05, 3.63) is 68.6 Å². The minimum atomic E-state index is -4.97. The third-order valence-electron chi connectivity index (χ3n) is 6.41. The van der Waals surface area contributed by atoms with Crippen molar-refractivity contribution in [3.63, 3.8) is 0 Å². The molecule has 0 bridgehead atoms. The normalized spacial score (nSPS) is 23.2. The highest BCUT2D eigenvalue weighted by Crippen LogP contribution is 2.56. The van der Waals surface area contributed by atoms with Gasteiger partial charge in [0, 0.05) is 38.8 Å². The number of benzene rings is 2. The summed E-state index contributed by atoms with van der Waals surface area (Å²) in [6.07, 6.45) is -3.90. The Hall–Kier alpha value is -2.71. The highest BCUT2D eigenvalue weighted by Gasteiger charge is 2.62. The zero-order valence-electron chi connectivity index (χ0n) is 17.3. The number of fused-ring (bicyclic) bond motifs is 2. The predicted molar refractivity (Wildman–Crippen MR) is 117 cm³/mol. The maximum Gasteiger partial charge on any atom is 0.419 e. The first-order chi connectivity index (χ1) is 15.0. The monoisotopic (exact) mass is 466 g/mol. The Morgan fingerprint density at radius 2 is 2.00 bits per heavy atom. The van der Waals surface area contributed by atoms with E-state index in [-0.39, 0.29) is 34.0 Å². The summed E-state index contributed by atoms with van der Waals surface area (Å²) in [6.45, 7) is 3.30. The molecule has 0 unspecified atom stereocenters. The molecule has 0 saturated carbocycles. The fourth-order valence-corrected chi connectivity index (χ4v) is 4.83. The first-order valence-corrected chi connectivity index (χ1v) is 10.5. The average Bonchev–Trinajstić information content (AvgIpc) is 2.73. The number of aromatic nitrogens is 1. The topological polar surface area (TPSA) is 85.4 Å². The molecule has 5 nitrogen and oxygen atoms in total. The Bertz CT molecular complexity index is 1260. The molecule has 1 aliphatic rings. The van der Waals surface area contributed by atoms with Crippen molar-refractivity contribution in [2.24, 2.45) is 0 Å². The molecule has 3 aromatic rings. The Labute approximate surface area is 186 Å². The second-order valence-electron chi connectivity index (χ2n) is 8.22. The molecule has 0 aliphatic heterocycles. The van der Waals surface area contributed by atoms with Crippen molar-refractivity contribution >= 4 is 28.1 Å². The third-order valence-corrected chi connectivity index (χ3v) is 6.81. The lowest BCUT2D eigenvalue weighted by Crippen LogP contribution is -2.55. The number of hydrogen-bond donors (Lipinski definition) is 4. The van der Waals surface area contributed by atoms with Gasteiger partial charge in [0.05, 0.1) is 6.04 Å². The second-order valence-corrected chi connectivity index (χ2v) is 8.62. The Balaban J connectivity index is 1.98. The molecule has 0 radical (unpaired) electrons. The number of H-pyrrole nitrogens is 1. The van der Waals surface area contributed by atoms with Gasteiger partial charge in [-0.05, 0) is 55.5 Å². The van der Waals surface area contributed by atoms with Gasteiger partial charge in [-0.25, -0.2) is 0 Å². The molecule has 1 aromatic heterocycles. The van der Waals surface area contributed by atoms with Crippen molar-refractivity contribution in [2.75, 3.05) is 5.32 Å². The van der Waals surface area contributed by atoms with E-state index in [2.05, 4.69) is 10.3 Å². The zero-order chi connectivity index (χ0) is 23.4. The van der Waals surface area contributed by atoms with Crippen LogP contribution in [0.25, 0.3) is 10.8 Å². The predicted octanol–water partition coefficient (Wildman–Crippen LogP) is 5.54. The number of pyridine rings is 1. The van der Waals surface area contributed by atoms with Crippen LogP contribution < -0.4 is 10.9 Å². The molecule has 170 valence electrons. The smallest absolute Gasteiger partial charge is 0.419 e. The van der Waals surface area contributed by atoms with E-state index in [1.807, 2.05) is 0 Å². The first-order valence-electron chi connectivity index (χ1n) is 10.2. The van der Waals surface area contributed by atoms with Crippen molar-refractivity contribution in [2.45, 2.75) is 50.4 Å². The van der Waals surface area contributed by atoms with E-state index in [4.69, 9.17) is 11.6 Å². The fourth-order valence-electron chi connectivity index (χ4n) is 4.62. The van der Waals surface area contributed by atoms with Crippen molar-refractivity contribution in [1.82, 2.24) is 4.98 Å². The second kappa shape index (κ2) is 7.71. The lowest BCUT2D eigenvalue weighted by atomic mass is 9.68. The summed E-state index contributed by atoms with van der Waals surface area (Å²) in [6, 6.07) is 5.94. The number of nitrogens with one attached hydrogen (secondary N) is 2. The molecule has 0 saturated heterocycles. The molecule has 0 spiro atoms. The van der Waals surface area contributed by atoms with Crippen molar-refractivity contribution < 1.29 is 23.4 Å². The van der Waals surface area contributed by atoms with Gasteiger partial charge in [0.1, 0.15) is 5.75 Å². The van der Waals surface area contributed by atoms with Crippen LogP contribution in [0, 0.1) is 6.92 Å². The summed E-state index contributed by atoms with van der Waals surface area (Å²) in [5.41, 5.74) is -2.47. The summed E-state index contributed by atoms with van der Waals surface area (Å²) in [5.74, 6) is -0.884. The number of alkyl halides is 3. The molecule has 0 fully saturated rings. The molecule has 9 heteroatoms. The summed E-state index contributed by atoms with van der Waals surface area (Å²) in [5, 5.41) is 25.5. The van der Waals surface area contributed by atoms with E-state index in [1.54, 1.807) is 38.1 Å². The zero-order valence-corrected chi connectivity index (χ0v) is 18.1. The van der Waals surface area contributed by atoms with Gasteiger partial charge in [-0.15, -0.1) is 0 Å².